The van der Waals surface area contributed by atoms with E-state index in [0.717, 1.165) is 6.67 Å². The molecule has 174 valence electrons. The molecule has 0 amide bonds. The highest BCUT2D eigenvalue weighted by Gasteiger charge is 2.21. The third kappa shape index (κ3) is 6.51. The summed E-state index contributed by atoms with van der Waals surface area (Å²) >= 11 is 0. The van der Waals surface area contributed by atoms with E-state index >= 15 is 0 Å². The average Bonchev–Trinajstić information content (AvgIpc) is 3.33. The molecule has 1 aliphatic rings. The van der Waals surface area contributed by atoms with Crippen molar-refractivity contribution in [3.8, 4) is 0 Å². The summed E-state index contributed by atoms with van der Waals surface area (Å²) in [5.74, 6) is 0. The van der Waals surface area contributed by atoms with Gasteiger partial charge in [0.1, 0.15) is 6.20 Å². The molecule has 0 spiro atoms. The highest BCUT2D eigenvalue weighted by Crippen LogP contribution is 2.31. The second-order valence-electron chi connectivity index (χ2n) is 8.39. The molecule has 1 aliphatic heterocycles. The lowest BCUT2D eigenvalue weighted by Gasteiger charge is -2.17. The van der Waals surface area contributed by atoms with E-state index in [9.17, 15) is 17.3 Å². The van der Waals surface area contributed by atoms with Crippen LogP contribution in [0.15, 0.2) is 54.9 Å². The number of benzene rings is 2. The molecule has 1 atom stereocenters. The van der Waals surface area contributed by atoms with Crippen LogP contribution in [0.3, 0.4) is 0 Å². The summed E-state index contributed by atoms with van der Waals surface area (Å²) in [5.41, 5.74) is 3.91. The van der Waals surface area contributed by atoms with E-state index in [4.69, 9.17) is 0 Å². The molecular formula is C24H32BF4N3. The van der Waals surface area contributed by atoms with Crippen molar-refractivity contribution in [3.05, 3.63) is 54.9 Å². The van der Waals surface area contributed by atoms with Crippen molar-refractivity contribution in [2.75, 3.05) is 18.1 Å². The Balaban J connectivity index is 0.000000523. The zero-order chi connectivity index (χ0) is 23.1. The second kappa shape index (κ2) is 10.9. The fraction of sp³-hybridized carbons (Fsp3) is 0.417. The zero-order valence-corrected chi connectivity index (χ0v) is 18.8. The van der Waals surface area contributed by atoms with Crippen LogP contribution in [-0.2, 0) is 7.05 Å². The number of quaternary nitrogens is 1. The van der Waals surface area contributed by atoms with Crippen LogP contribution in [0.4, 0.5) is 23.0 Å². The molecule has 0 bridgehead atoms. The first-order valence-electron chi connectivity index (χ1n) is 11.4. The molecule has 0 saturated carbocycles. The van der Waals surface area contributed by atoms with Crippen molar-refractivity contribution in [1.82, 2.24) is 4.57 Å². The number of nitrogens with one attached hydrogen (secondary N) is 1. The quantitative estimate of drug-likeness (QED) is 0.248. The Kier molecular flexibility index (Phi) is 8.23. The Morgan fingerprint density at radius 3 is 2.28 bits per heavy atom. The predicted octanol–water partition coefficient (Wildman–Crippen LogP) is 6.13. The maximum atomic E-state index is 9.75. The molecule has 1 aromatic heterocycles. The monoisotopic (exact) mass is 449 g/mol. The summed E-state index contributed by atoms with van der Waals surface area (Å²) in [4.78, 5) is 3.97. The molecule has 0 aliphatic carbocycles. The van der Waals surface area contributed by atoms with E-state index in [-0.39, 0.29) is 0 Å². The largest absolute Gasteiger partial charge is 0.673 e. The zero-order valence-electron chi connectivity index (χ0n) is 18.8. The van der Waals surface area contributed by atoms with Crippen molar-refractivity contribution in [1.29, 1.82) is 0 Å². The van der Waals surface area contributed by atoms with Crippen molar-refractivity contribution in [2.24, 2.45) is 7.05 Å². The number of anilines is 1. The van der Waals surface area contributed by atoms with Gasteiger partial charge in [-0.15, -0.1) is 0 Å². The van der Waals surface area contributed by atoms with Gasteiger partial charge >= 0.3 is 7.25 Å². The van der Waals surface area contributed by atoms with Crippen LogP contribution < -0.4 is 9.80 Å². The first kappa shape index (κ1) is 24.2. The number of aryl methyl sites for hydroxylation is 1. The van der Waals surface area contributed by atoms with Crippen LogP contribution in [0.2, 0.25) is 0 Å². The van der Waals surface area contributed by atoms with Gasteiger partial charge in [-0.05, 0) is 37.1 Å². The smallest absolute Gasteiger partial charge is 0.418 e. The van der Waals surface area contributed by atoms with Crippen LogP contribution in [0.25, 0.3) is 21.8 Å². The molecule has 3 nitrogen and oxygen atoms in total. The lowest BCUT2D eigenvalue weighted by molar-refractivity contribution is -0.840. The van der Waals surface area contributed by atoms with E-state index in [2.05, 4.69) is 78.3 Å². The summed E-state index contributed by atoms with van der Waals surface area (Å²) in [6.45, 7) is 4.57. The Hall–Kier alpha value is -2.48. The number of hydrogen-bond donors (Lipinski definition) is 1. The first-order chi connectivity index (χ1) is 15.3. The standard InChI is InChI=1S/C24H31N3.BF4/c1-3-4-5-6-7-10-15-26-16-17-27(19-26)20-13-14-24-22(18-20)21-11-8-9-12-23(21)25(24)2;2-1(3,4)5/h8-9,11-14,16-18H,3-7,10,15,19H2,1-2H3;/q;-1/p+1. The van der Waals surface area contributed by atoms with Gasteiger partial charge in [0.15, 0.2) is 6.67 Å². The Bertz CT molecular complexity index is 1040. The number of para-hydroxylation sites is 1. The lowest BCUT2D eigenvalue weighted by Crippen LogP contribution is -3.07. The van der Waals surface area contributed by atoms with Gasteiger partial charge in [0, 0.05) is 34.5 Å². The van der Waals surface area contributed by atoms with Crippen molar-refractivity contribution in [3.63, 3.8) is 0 Å². The Labute approximate surface area is 187 Å². The van der Waals surface area contributed by atoms with Gasteiger partial charge in [-0.1, -0.05) is 50.8 Å². The maximum Gasteiger partial charge on any atom is 0.673 e. The van der Waals surface area contributed by atoms with Crippen molar-refractivity contribution in [2.45, 2.75) is 45.4 Å². The predicted molar refractivity (Wildman–Crippen MR) is 126 cm³/mol. The number of unbranched alkanes of at least 4 members (excludes halogenated alkanes) is 5. The summed E-state index contributed by atoms with van der Waals surface area (Å²) < 4.78 is 41.3. The Morgan fingerprint density at radius 2 is 1.53 bits per heavy atom. The molecule has 3 aromatic rings. The van der Waals surface area contributed by atoms with E-state index in [1.54, 1.807) is 4.90 Å². The average molecular weight is 449 g/mol. The molecule has 32 heavy (non-hydrogen) atoms. The highest BCUT2D eigenvalue weighted by molar-refractivity contribution is 6.50. The van der Waals surface area contributed by atoms with Gasteiger partial charge in [-0.25, -0.2) is 0 Å². The number of aromatic nitrogens is 1. The fourth-order valence-corrected chi connectivity index (χ4v) is 4.33. The number of nitrogens with zero attached hydrogens (tertiary/aromatic N) is 2. The highest BCUT2D eigenvalue weighted by atomic mass is 19.5. The molecular weight excluding hydrogens is 417 g/mol. The maximum absolute atomic E-state index is 9.75. The SMILES string of the molecule is CCCCCCCC[NH+]1C=CN(c2ccc3c(c2)c2ccccc2n3C)C1.F[B-](F)(F)F. The summed E-state index contributed by atoms with van der Waals surface area (Å²) in [6, 6.07) is 15.6. The fourth-order valence-electron chi connectivity index (χ4n) is 4.33. The topological polar surface area (TPSA) is 12.6 Å². The van der Waals surface area contributed by atoms with Crippen LogP contribution in [0.1, 0.15) is 45.4 Å². The van der Waals surface area contributed by atoms with Crippen LogP contribution in [0.5, 0.6) is 0 Å². The van der Waals surface area contributed by atoms with Crippen LogP contribution in [0, 0.1) is 0 Å². The molecule has 2 heterocycles. The minimum Gasteiger partial charge on any atom is -0.418 e. The third-order valence-electron chi connectivity index (χ3n) is 5.94. The van der Waals surface area contributed by atoms with E-state index in [1.807, 2.05) is 0 Å². The minimum atomic E-state index is -6.00. The summed E-state index contributed by atoms with van der Waals surface area (Å²) in [5, 5.41) is 2.69. The number of halogens is 4. The number of hydrogen-bond acceptors (Lipinski definition) is 1. The molecule has 4 rings (SSSR count). The van der Waals surface area contributed by atoms with Crippen molar-refractivity contribution >= 4 is 34.7 Å². The van der Waals surface area contributed by atoms with Gasteiger partial charge in [-0.2, -0.15) is 0 Å². The molecule has 0 saturated heterocycles. The third-order valence-corrected chi connectivity index (χ3v) is 5.94. The van der Waals surface area contributed by atoms with E-state index in [0.29, 0.717) is 0 Å². The molecule has 0 fully saturated rings. The summed E-state index contributed by atoms with van der Waals surface area (Å²) in [6.07, 6.45) is 12.8. The van der Waals surface area contributed by atoms with E-state index in [1.165, 1.54) is 72.6 Å². The normalized spacial score (nSPS) is 16.1. The molecule has 0 radical (unpaired) electrons. The van der Waals surface area contributed by atoms with Gasteiger partial charge in [0.25, 0.3) is 0 Å². The van der Waals surface area contributed by atoms with E-state index < -0.39 is 7.25 Å². The number of fused-ring (bicyclic) bond motifs is 3. The molecule has 2 aromatic carbocycles. The lowest BCUT2D eigenvalue weighted by atomic mass is 10.1. The Morgan fingerprint density at radius 1 is 0.875 bits per heavy atom. The molecule has 1 N–H and O–H groups in total. The second-order valence-corrected chi connectivity index (χ2v) is 8.39. The van der Waals surface area contributed by atoms with Gasteiger partial charge < -0.3 is 21.8 Å². The minimum absolute atomic E-state index is 1.05. The molecule has 1 unspecified atom stereocenters. The van der Waals surface area contributed by atoms with Crippen molar-refractivity contribution < 1.29 is 22.2 Å². The summed E-state index contributed by atoms with van der Waals surface area (Å²) in [7, 11) is -3.84. The van der Waals surface area contributed by atoms with Gasteiger partial charge in [0.05, 0.1) is 12.7 Å². The van der Waals surface area contributed by atoms with Crippen LogP contribution in [-0.4, -0.2) is 25.0 Å². The first-order valence-corrected chi connectivity index (χ1v) is 11.4. The molecule has 8 heteroatoms. The van der Waals surface area contributed by atoms with Gasteiger partial charge in [-0.3, -0.25) is 9.80 Å². The van der Waals surface area contributed by atoms with Gasteiger partial charge in [0.2, 0.25) is 0 Å². The van der Waals surface area contributed by atoms with Crippen LogP contribution >= 0.6 is 0 Å². The number of rotatable bonds is 8.